The quantitative estimate of drug-likeness (QED) is 0.803. The van der Waals surface area contributed by atoms with Crippen LogP contribution in [0.3, 0.4) is 0 Å². The van der Waals surface area contributed by atoms with Gasteiger partial charge in [0.25, 0.3) is 0 Å². The summed E-state index contributed by atoms with van der Waals surface area (Å²) < 4.78 is 7.26. The number of hydrogen-bond donors (Lipinski definition) is 1. The molecule has 0 saturated heterocycles. The molecule has 5 heteroatoms. The topological polar surface area (TPSA) is 55.9 Å². The van der Waals surface area contributed by atoms with Gasteiger partial charge in [0, 0.05) is 19.8 Å². The second-order valence-electron chi connectivity index (χ2n) is 4.11. The predicted molar refractivity (Wildman–Crippen MR) is 65.4 cm³/mol. The zero-order chi connectivity index (χ0) is 12.3. The predicted octanol–water partition coefficient (Wildman–Crippen LogP) is 1.88. The van der Waals surface area contributed by atoms with E-state index in [-0.39, 0.29) is 0 Å². The molecule has 92 valence electrons. The molecule has 0 aliphatic carbocycles. The molecular formula is C12H18N4O. The van der Waals surface area contributed by atoms with Gasteiger partial charge >= 0.3 is 0 Å². The fourth-order valence-corrected chi connectivity index (χ4v) is 1.82. The molecule has 0 amide bonds. The Hall–Kier alpha value is -1.62. The minimum absolute atomic E-state index is 0.730. The summed E-state index contributed by atoms with van der Waals surface area (Å²) in [5, 5.41) is 7.64. The van der Waals surface area contributed by atoms with E-state index in [1.807, 2.05) is 20.2 Å². The maximum atomic E-state index is 5.47. The van der Waals surface area contributed by atoms with Gasteiger partial charge in [0.05, 0.1) is 11.3 Å². The average Bonchev–Trinajstić information content (AvgIpc) is 2.85. The summed E-state index contributed by atoms with van der Waals surface area (Å²) in [7, 11) is 1.90. The van der Waals surface area contributed by atoms with Crippen LogP contribution in [-0.2, 0) is 13.6 Å². The lowest BCUT2D eigenvalue weighted by atomic mass is 10.1. The maximum Gasteiger partial charge on any atom is 0.181 e. The summed E-state index contributed by atoms with van der Waals surface area (Å²) in [5.74, 6) is 0.819. The van der Waals surface area contributed by atoms with Crippen molar-refractivity contribution in [1.29, 1.82) is 0 Å². The zero-order valence-corrected chi connectivity index (χ0v) is 10.5. The van der Waals surface area contributed by atoms with Crippen LogP contribution < -0.4 is 5.32 Å². The van der Waals surface area contributed by atoms with E-state index in [2.05, 4.69) is 22.3 Å². The highest BCUT2D eigenvalue weighted by molar-refractivity contribution is 5.61. The van der Waals surface area contributed by atoms with Gasteiger partial charge in [-0.05, 0) is 19.9 Å². The van der Waals surface area contributed by atoms with Crippen LogP contribution in [0.15, 0.2) is 17.0 Å². The van der Waals surface area contributed by atoms with Crippen molar-refractivity contribution in [1.82, 2.24) is 20.1 Å². The van der Waals surface area contributed by atoms with E-state index in [1.54, 1.807) is 4.68 Å². The minimum Gasteiger partial charge on any atom is -0.443 e. The number of aryl methyl sites for hydroxylation is 2. The van der Waals surface area contributed by atoms with Crippen molar-refractivity contribution in [2.75, 3.05) is 6.54 Å². The van der Waals surface area contributed by atoms with Crippen LogP contribution in [0.1, 0.15) is 24.7 Å². The Bertz CT molecular complexity index is 486. The molecule has 2 aromatic rings. The molecular weight excluding hydrogens is 216 g/mol. The van der Waals surface area contributed by atoms with Crippen LogP contribution in [0, 0.1) is 6.92 Å². The molecule has 0 aliphatic heterocycles. The van der Waals surface area contributed by atoms with Gasteiger partial charge in [0.15, 0.2) is 12.2 Å². The summed E-state index contributed by atoms with van der Waals surface area (Å²) in [6, 6.07) is 0. The molecule has 0 spiro atoms. The Balaban J connectivity index is 2.21. The first-order valence-electron chi connectivity index (χ1n) is 5.86. The molecule has 0 fully saturated rings. The Morgan fingerprint density at radius 3 is 2.94 bits per heavy atom. The van der Waals surface area contributed by atoms with E-state index in [4.69, 9.17) is 4.42 Å². The number of rotatable bonds is 5. The number of hydrogen-bond acceptors (Lipinski definition) is 4. The number of aromatic nitrogens is 3. The van der Waals surface area contributed by atoms with Gasteiger partial charge in [0.1, 0.15) is 5.69 Å². The minimum atomic E-state index is 0.730. The number of oxazole rings is 1. The van der Waals surface area contributed by atoms with Gasteiger partial charge < -0.3 is 9.73 Å². The molecule has 0 aliphatic rings. The van der Waals surface area contributed by atoms with E-state index in [9.17, 15) is 0 Å². The highest BCUT2D eigenvalue weighted by Crippen LogP contribution is 2.25. The van der Waals surface area contributed by atoms with Gasteiger partial charge in [-0.2, -0.15) is 5.10 Å². The summed E-state index contributed by atoms with van der Waals surface area (Å²) in [6.07, 6.45) is 4.56. The summed E-state index contributed by atoms with van der Waals surface area (Å²) in [4.78, 5) is 4.25. The van der Waals surface area contributed by atoms with Crippen LogP contribution in [0.25, 0.3) is 11.3 Å². The molecule has 2 heterocycles. The molecule has 2 aromatic heterocycles. The normalized spacial score (nSPS) is 11.0. The monoisotopic (exact) mass is 234 g/mol. The van der Waals surface area contributed by atoms with Crippen molar-refractivity contribution in [2.45, 2.75) is 26.8 Å². The average molecular weight is 234 g/mol. The van der Waals surface area contributed by atoms with Gasteiger partial charge in [-0.1, -0.05) is 6.92 Å². The molecule has 1 N–H and O–H groups in total. The van der Waals surface area contributed by atoms with Gasteiger partial charge in [-0.3, -0.25) is 4.68 Å². The largest absolute Gasteiger partial charge is 0.443 e. The van der Waals surface area contributed by atoms with Crippen LogP contribution in [-0.4, -0.2) is 21.3 Å². The second kappa shape index (κ2) is 5.14. The van der Waals surface area contributed by atoms with E-state index >= 15 is 0 Å². The third kappa shape index (κ3) is 2.55. The summed E-state index contributed by atoms with van der Waals surface area (Å²) >= 11 is 0. The molecule has 0 bridgehead atoms. The van der Waals surface area contributed by atoms with Crippen molar-refractivity contribution in [3.05, 3.63) is 24.0 Å². The highest BCUT2D eigenvalue weighted by Gasteiger charge is 2.14. The molecule has 0 unspecified atom stereocenters. The Morgan fingerprint density at radius 1 is 1.47 bits per heavy atom. The van der Waals surface area contributed by atoms with Gasteiger partial charge in [-0.15, -0.1) is 0 Å². The highest BCUT2D eigenvalue weighted by atomic mass is 16.3. The standard InChI is InChI=1S/C12H18N4O/c1-4-5-13-6-11-12(17-8-14-11)10-7-16(3)15-9(10)2/h7-8,13H,4-6H2,1-3H3. The van der Waals surface area contributed by atoms with Crippen molar-refractivity contribution in [3.63, 3.8) is 0 Å². The second-order valence-corrected chi connectivity index (χ2v) is 4.11. The lowest BCUT2D eigenvalue weighted by Gasteiger charge is -2.01. The van der Waals surface area contributed by atoms with E-state index in [0.717, 1.165) is 42.2 Å². The number of nitrogens with one attached hydrogen (secondary N) is 1. The maximum absolute atomic E-state index is 5.47. The van der Waals surface area contributed by atoms with Crippen LogP contribution in [0.4, 0.5) is 0 Å². The zero-order valence-electron chi connectivity index (χ0n) is 10.5. The van der Waals surface area contributed by atoms with Crippen molar-refractivity contribution < 1.29 is 4.42 Å². The fourth-order valence-electron chi connectivity index (χ4n) is 1.82. The lowest BCUT2D eigenvalue weighted by molar-refractivity contribution is 0.569. The van der Waals surface area contributed by atoms with Crippen LogP contribution in [0.5, 0.6) is 0 Å². The molecule has 0 radical (unpaired) electrons. The molecule has 5 nitrogen and oxygen atoms in total. The molecule has 0 saturated carbocycles. The van der Waals surface area contributed by atoms with Gasteiger partial charge in [-0.25, -0.2) is 4.98 Å². The Kier molecular flexibility index (Phi) is 3.58. The Labute approximate surface area is 101 Å². The van der Waals surface area contributed by atoms with Crippen molar-refractivity contribution in [3.8, 4) is 11.3 Å². The van der Waals surface area contributed by atoms with E-state index in [0.29, 0.717) is 0 Å². The number of nitrogens with zero attached hydrogens (tertiary/aromatic N) is 3. The third-order valence-electron chi connectivity index (χ3n) is 2.62. The fraction of sp³-hybridized carbons (Fsp3) is 0.500. The van der Waals surface area contributed by atoms with Crippen LogP contribution in [0.2, 0.25) is 0 Å². The molecule has 0 atom stereocenters. The summed E-state index contributed by atoms with van der Waals surface area (Å²) in [5.41, 5.74) is 2.91. The molecule has 17 heavy (non-hydrogen) atoms. The van der Waals surface area contributed by atoms with Gasteiger partial charge in [0.2, 0.25) is 0 Å². The third-order valence-corrected chi connectivity index (χ3v) is 2.62. The van der Waals surface area contributed by atoms with E-state index in [1.165, 1.54) is 6.39 Å². The van der Waals surface area contributed by atoms with Crippen LogP contribution >= 0.6 is 0 Å². The molecule has 0 aromatic carbocycles. The molecule has 2 rings (SSSR count). The SMILES string of the molecule is CCCNCc1ncoc1-c1cn(C)nc1C. The summed E-state index contributed by atoms with van der Waals surface area (Å²) in [6.45, 7) is 5.83. The lowest BCUT2D eigenvalue weighted by Crippen LogP contribution is -2.14. The Morgan fingerprint density at radius 2 is 2.29 bits per heavy atom. The van der Waals surface area contributed by atoms with Crippen molar-refractivity contribution in [2.24, 2.45) is 7.05 Å². The van der Waals surface area contributed by atoms with Crippen molar-refractivity contribution >= 4 is 0 Å². The first kappa shape index (κ1) is 11.9. The first-order chi connectivity index (χ1) is 8.22. The smallest absolute Gasteiger partial charge is 0.181 e. The van der Waals surface area contributed by atoms with E-state index < -0.39 is 0 Å². The first-order valence-corrected chi connectivity index (χ1v) is 5.86.